The molecular formula is C67H127NO5. The van der Waals surface area contributed by atoms with Gasteiger partial charge >= 0.3 is 5.97 Å². The molecule has 0 aliphatic carbocycles. The largest absolute Gasteiger partial charge is 0.466 e. The van der Waals surface area contributed by atoms with E-state index in [2.05, 4.69) is 43.5 Å². The standard InChI is InChI=1S/C67H127NO5/c1-3-5-7-9-11-13-15-17-19-21-23-27-31-35-39-43-47-51-55-59-65(70)64(63-69)68-66(71)60-56-52-48-44-40-36-32-28-25-26-30-34-38-42-46-50-54-58-62-73-67(72)61-57-53-49-45-41-37-33-29-24-22-20-18-16-14-12-10-8-6-4-2/h18,20,28,32,55,59,64-65,69-70H,3-17,19,21-27,29-31,33-54,56-58,60-63H2,1-2H3,(H,68,71)/b20-18-,32-28-,59-55+. The third-order valence-corrected chi connectivity index (χ3v) is 15.1. The average molecular weight is 1030 g/mol. The number of hydrogen-bond acceptors (Lipinski definition) is 5. The molecule has 0 saturated heterocycles. The predicted molar refractivity (Wildman–Crippen MR) is 319 cm³/mol. The van der Waals surface area contributed by atoms with E-state index in [0.717, 1.165) is 57.8 Å². The van der Waals surface area contributed by atoms with Crippen LogP contribution in [0.25, 0.3) is 0 Å². The van der Waals surface area contributed by atoms with E-state index in [1.54, 1.807) is 6.08 Å². The van der Waals surface area contributed by atoms with Crippen molar-refractivity contribution in [1.82, 2.24) is 5.32 Å². The minimum absolute atomic E-state index is 0.00209. The SMILES string of the molecule is CCCCCCCC/C=C\CCCCCCCCCCCC(=O)OCCCCCCCCCCC/C=C\CCCCCCCC(=O)NC(CO)C(O)/C=C/CCCCCCCCCCCCCCCCCCC. The normalized spacial score (nSPS) is 12.8. The fraction of sp³-hybridized carbons (Fsp3) is 0.881. The Kier molecular flexibility index (Phi) is 61.0. The maximum atomic E-state index is 12.5. The molecule has 0 radical (unpaired) electrons. The number of nitrogens with one attached hydrogen (secondary N) is 1. The van der Waals surface area contributed by atoms with Crippen molar-refractivity contribution < 1.29 is 24.5 Å². The molecule has 430 valence electrons. The van der Waals surface area contributed by atoms with E-state index in [1.165, 1.54) is 270 Å². The summed E-state index contributed by atoms with van der Waals surface area (Å²) >= 11 is 0. The maximum absolute atomic E-state index is 12.5. The first-order chi connectivity index (χ1) is 36.0. The van der Waals surface area contributed by atoms with Crippen molar-refractivity contribution in [3.05, 3.63) is 36.5 Å². The molecule has 0 spiro atoms. The van der Waals surface area contributed by atoms with E-state index >= 15 is 0 Å². The van der Waals surface area contributed by atoms with Gasteiger partial charge in [0.1, 0.15) is 0 Å². The van der Waals surface area contributed by atoms with Crippen molar-refractivity contribution in [1.29, 1.82) is 0 Å². The molecule has 3 N–H and O–H groups in total. The number of carbonyl (C=O) groups excluding carboxylic acids is 2. The van der Waals surface area contributed by atoms with Gasteiger partial charge in [-0.1, -0.05) is 294 Å². The Morgan fingerprint density at radius 1 is 0.370 bits per heavy atom. The van der Waals surface area contributed by atoms with Crippen LogP contribution in [0.4, 0.5) is 0 Å². The summed E-state index contributed by atoms with van der Waals surface area (Å²) in [7, 11) is 0. The maximum Gasteiger partial charge on any atom is 0.305 e. The Hall–Kier alpha value is -1.92. The first kappa shape index (κ1) is 71.1. The van der Waals surface area contributed by atoms with Crippen molar-refractivity contribution >= 4 is 11.9 Å². The lowest BCUT2D eigenvalue weighted by atomic mass is 10.0. The van der Waals surface area contributed by atoms with Crippen molar-refractivity contribution in [2.45, 2.75) is 366 Å². The van der Waals surface area contributed by atoms with Crippen LogP contribution in [0, 0.1) is 0 Å². The monoisotopic (exact) mass is 1030 g/mol. The molecule has 6 nitrogen and oxygen atoms in total. The highest BCUT2D eigenvalue weighted by Crippen LogP contribution is 2.17. The van der Waals surface area contributed by atoms with E-state index in [0.29, 0.717) is 19.4 Å². The number of ether oxygens (including phenoxy) is 1. The first-order valence-electron chi connectivity index (χ1n) is 32.8. The third kappa shape index (κ3) is 59.2. The second kappa shape index (κ2) is 62.6. The van der Waals surface area contributed by atoms with Crippen LogP contribution in [0.3, 0.4) is 0 Å². The first-order valence-corrected chi connectivity index (χ1v) is 32.8. The topological polar surface area (TPSA) is 95.9 Å². The van der Waals surface area contributed by atoms with E-state index in [1.807, 2.05) is 6.08 Å². The van der Waals surface area contributed by atoms with Crippen molar-refractivity contribution in [3.63, 3.8) is 0 Å². The van der Waals surface area contributed by atoms with Gasteiger partial charge < -0.3 is 20.3 Å². The fourth-order valence-corrected chi connectivity index (χ4v) is 10.1. The summed E-state index contributed by atoms with van der Waals surface area (Å²) in [6, 6.07) is -0.639. The summed E-state index contributed by atoms with van der Waals surface area (Å²) in [5.41, 5.74) is 0. The summed E-state index contributed by atoms with van der Waals surface area (Å²) < 4.78 is 5.50. The van der Waals surface area contributed by atoms with E-state index < -0.39 is 12.1 Å². The molecule has 0 aromatic rings. The van der Waals surface area contributed by atoms with Gasteiger partial charge in [0.05, 0.1) is 25.4 Å². The Balaban J connectivity index is 3.46. The Morgan fingerprint density at radius 2 is 0.644 bits per heavy atom. The molecule has 6 heteroatoms. The molecule has 0 heterocycles. The second-order valence-corrected chi connectivity index (χ2v) is 22.4. The number of hydrogen-bond donors (Lipinski definition) is 3. The molecule has 2 unspecified atom stereocenters. The van der Waals surface area contributed by atoms with Gasteiger partial charge in [0.25, 0.3) is 0 Å². The molecule has 0 fully saturated rings. The lowest BCUT2D eigenvalue weighted by molar-refractivity contribution is -0.143. The zero-order valence-electron chi connectivity index (χ0n) is 49.1. The molecule has 73 heavy (non-hydrogen) atoms. The Labute approximate surface area is 455 Å². The zero-order valence-corrected chi connectivity index (χ0v) is 49.1. The number of allylic oxidation sites excluding steroid dienone is 5. The van der Waals surface area contributed by atoms with Crippen LogP contribution in [-0.2, 0) is 14.3 Å². The molecule has 1 amide bonds. The summed E-state index contributed by atoms with van der Waals surface area (Å²) in [6.45, 7) is 4.91. The number of unbranched alkanes of at least 4 members (excludes halogenated alkanes) is 46. The van der Waals surface area contributed by atoms with E-state index in [4.69, 9.17) is 4.74 Å². The Morgan fingerprint density at radius 3 is 0.973 bits per heavy atom. The van der Waals surface area contributed by atoms with E-state index in [-0.39, 0.29) is 18.5 Å². The zero-order chi connectivity index (χ0) is 52.9. The third-order valence-electron chi connectivity index (χ3n) is 15.1. The number of amides is 1. The summed E-state index contributed by atoms with van der Waals surface area (Å²) in [4.78, 5) is 24.6. The van der Waals surface area contributed by atoms with Gasteiger partial charge in [-0.3, -0.25) is 9.59 Å². The van der Waals surface area contributed by atoms with Crippen LogP contribution in [0.5, 0.6) is 0 Å². The van der Waals surface area contributed by atoms with Gasteiger partial charge in [0.15, 0.2) is 0 Å². The van der Waals surface area contributed by atoms with Crippen LogP contribution in [0.2, 0.25) is 0 Å². The second-order valence-electron chi connectivity index (χ2n) is 22.4. The molecule has 0 bridgehead atoms. The van der Waals surface area contributed by atoms with Crippen LogP contribution in [-0.4, -0.2) is 47.4 Å². The van der Waals surface area contributed by atoms with Gasteiger partial charge in [-0.05, 0) is 83.5 Å². The van der Waals surface area contributed by atoms with Crippen LogP contribution >= 0.6 is 0 Å². The molecule has 0 aliphatic heterocycles. The Bertz CT molecular complexity index is 1180. The molecule has 0 saturated carbocycles. The average Bonchev–Trinajstić information content (AvgIpc) is 3.39. The number of aliphatic hydroxyl groups is 2. The van der Waals surface area contributed by atoms with Crippen molar-refractivity contribution in [2.75, 3.05) is 13.2 Å². The minimum atomic E-state index is -0.854. The van der Waals surface area contributed by atoms with Gasteiger partial charge in [-0.2, -0.15) is 0 Å². The minimum Gasteiger partial charge on any atom is -0.466 e. The number of aliphatic hydroxyl groups excluding tert-OH is 2. The molecule has 0 aliphatic rings. The molecule has 0 rings (SSSR count). The summed E-state index contributed by atoms with van der Waals surface area (Å²) in [6.07, 6.45) is 79.0. The predicted octanol–water partition coefficient (Wildman–Crippen LogP) is 20.8. The lowest BCUT2D eigenvalue weighted by Crippen LogP contribution is -2.45. The van der Waals surface area contributed by atoms with Crippen LogP contribution in [0.15, 0.2) is 36.5 Å². The highest BCUT2D eigenvalue weighted by Gasteiger charge is 2.18. The van der Waals surface area contributed by atoms with Crippen molar-refractivity contribution in [3.8, 4) is 0 Å². The number of carbonyl (C=O) groups is 2. The highest BCUT2D eigenvalue weighted by molar-refractivity contribution is 5.76. The quantitative estimate of drug-likeness (QED) is 0.0320. The molecule has 2 atom stereocenters. The van der Waals surface area contributed by atoms with Crippen LogP contribution in [0.1, 0.15) is 354 Å². The molecule has 0 aromatic carbocycles. The summed E-state index contributed by atoms with van der Waals surface area (Å²) in [5, 5.41) is 23.2. The fourth-order valence-electron chi connectivity index (χ4n) is 10.1. The molecule has 0 aromatic heterocycles. The van der Waals surface area contributed by atoms with Gasteiger partial charge in [0.2, 0.25) is 5.91 Å². The lowest BCUT2D eigenvalue weighted by Gasteiger charge is -2.20. The molecular weight excluding hydrogens is 899 g/mol. The van der Waals surface area contributed by atoms with Crippen molar-refractivity contribution in [2.24, 2.45) is 0 Å². The van der Waals surface area contributed by atoms with Crippen LogP contribution < -0.4 is 5.32 Å². The van der Waals surface area contributed by atoms with E-state index in [9.17, 15) is 19.8 Å². The van der Waals surface area contributed by atoms with Gasteiger partial charge in [0, 0.05) is 12.8 Å². The number of esters is 1. The van der Waals surface area contributed by atoms with Gasteiger partial charge in [-0.25, -0.2) is 0 Å². The summed E-state index contributed by atoms with van der Waals surface area (Å²) in [5.74, 6) is -0.0778. The smallest absolute Gasteiger partial charge is 0.305 e. The number of rotatable bonds is 61. The highest BCUT2D eigenvalue weighted by atomic mass is 16.5. The van der Waals surface area contributed by atoms with Gasteiger partial charge in [-0.15, -0.1) is 0 Å².